The van der Waals surface area contributed by atoms with Crippen LogP contribution in [0.3, 0.4) is 0 Å². The molecule has 1 unspecified atom stereocenters. The fraction of sp³-hybridized carbons (Fsp3) is 0.483. The molecule has 0 saturated carbocycles. The van der Waals surface area contributed by atoms with Crippen molar-refractivity contribution in [2.75, 3.05) is 13.2 Å². The van der Waals surface area contributed by atoms with Gasteiger partial charge in [0.05, 0.1) is 18.2 Å². The molecule has 12 N–H and O–H groups in total. The number of aromatic hydroxyl groups is 5. The Hall–Kier alpha value is -4.11. The fourth-order valence-electron chi connectivity index (χ4n) is 5.27. The summed E-state index contributed by atoms with van der Waals surface area (Å²) in [6.45, 7) is -0.153. The first kappa shape index (κ1) is 34.2. The van der Waals surface area contributed by atoms with Crippen molar-refractivity contribution in [1.82, 2.24) is 0 Å². The summed E-state index contributed by atoms with van der Waals surface area (Å²) in [4.78, 5) is 11.3. The second kappa shape index (κ2) is 13.6. The van der Waals surface area contributed by atoms with Crippen LogP contribution in [-0.2, 0) is 23.7 Å². The molecule has 5 rings (SSSR count). The van der Waals surface area contributed by atoms with Crippen molar-refractivity contribution in [3.8, 4) is 34.5 Å². The number of ether oxygens (including phenoxy) is 6. The number of aliphatic hydroxyl groups excluding tert-OH is 7. The highest BCUT2D eigenvalue weighted by Crippen LogP contribution is 2.48. The van der Waals surface area contributed by atoms with E-state index in [4.69, 9.17) is 23.7 Å². The first-order chi connectivity index (χ1) is 22.2. The zero-order chi connectivity index (χ0) is 34.3. The Bertz CT molecular complexity index is 1470. The van der Waals surface area contributed by atoms with Crippen molar-refractivity contribution in [1.29, 1.82) is 0 Å². The summed E-state index contributed by atoms with van der Waals surface area (Å²) in [5, 5.41) is 113. The molecule has 2 aromatic carbocycles. The minimum Gasteiger partial charge on any atom is -0.571 e. The molecule has 0 aromatic heterocycles. The molecular weight excluding hydrogens is 636 g/mol. The summed E-state index contributed by atoms with van der Waals surface area (Å²) in [6, 6.07) is 4.36. The van der Waals surface area contributed by atoms with E-state index in [0.29, 0.717) is 0 Å². The first-order valence-electron chi connectivity index (χ1n) is 14.2. The van der Waals surface area contributed by atoms with Crippen molar-refractivity contribution in [2.24, 2.45) is 0 Å². The standard InChI is InChI=1S/C29H34O18/c1-9(31)42-8-19-22(37)24(39)26(41)28(47-19)44-16-5-11(32)4-15-12(16)6-17(27(43-15)10-2-13(33)20(35)14(34)3-10)45-29-25(40)23(38)21(36)18(7-30)46-29/h2-6,18-19,21-30,32-41H,7-8H2,1H3/p+1/t18-,19-,21+,22+,23-,24-,25+,26+,27?,28+,29+/m0/s1. The van der Waals surface area contributed by atoms with Gasteiger partial charge in [-0.2, -0.15) is 0 Å². The van der Waals surface area contributed by atoms with E-state index < -0.39 is 110 Å². The number of rotatable bonds is 8. The number of benzene rings is 2. The van der Waals surface area contributed by atoms with Crippen molar-refractivity contribution in [3.63, 3.8) is 0 Å². The topological polar surface area (TPSA) is 299 Å². The molecule has 2 aromatic rings. The molecule has 18 heteroatoms. The molecule has 2 saturated heterocycles. The minimum atomic E-state index is -1.86. The van der Waals surface area contributed by atoms with Gasteiger partial charge in [-0.1, -0.05) is 0 Å². The van der Waals surface area contributed by atoms with Gasteiger partial charge >= 0.3 is 5.97 Å². The third-order valence-electron chi connectivity index (χ3n) is 7.80. The zero-order valence-corrected chi connectivity index (χ0v) is 24.5. The van der Waals surface area contributed by atoms with Gasteiger partial charge in [0, 0.05) is 19.1 Å². The van der Waals surface area contributed by atoms with Crippen LogP contribution < -0.4 is 4.74 Å². The number of esters is 1. The normalized spacial score (nSPS) is 33.6. The largest absolute Gasteiger partial charge is 0.571 e. The maximum Gasteiger partial charge on any atom is 0.302 e. The molecule has 3 aliphatic heterocycles. The Morgan fingerprint density at radius 2 is 1.36 bits per heavy atom. The highest BCUT2D eigenvalue weighted by atomic mass is 16.7. The molecule has 3 heterocycles. The average molecular weight is 672 g/mol. The number of hydrogen-bond acceptors (Lipinski definition) is 17. The Morgan fingerprint density at radius 1 is 0.787 bits per heavy atom. The summed E-state index contributed by atoms with van der Waals surface area (Å²) in [5.41, 5.74) is 0.0559. The second-order valence-corrected chi connectivity index (χ2v) is 11.1. The SMILES string of the molecule is CC(=O)OC[C@@H]1O[C@@H](Oc2cc(O)cc3c2C=C(O[C@@H]2O[C@@H](CO)[C@@H](O)[C@H](O)[C@H]2O)C(c2cc(O)c(O)c(O)c2)[OH+]3)[C@H](O)[C@@H](O)[C@@H]1O. The smallest absolute Gasteiger partial charge is 0.302 e. The van der Waals surface area contributed by atoms with Crippen LogP contribution in [0, 0.1) is 0 Å². The van der Waals surface area contributed by atoms with Gasteiger partial charge in [0.1, 0.15) is 72.5 Å². The Morgan fingerprint density at radius 3 is 1.96 bits per heavy atom. The van der Waals surface area contributed by atoms with Crippen LogP contribution in [0.15, 0.2) is 30.0 Å². The number of phenolic OH excluding ortho intramolecular Hbond substituents is 4. The number of carbonyl (C=O) groups is 1. The molecule has 18 nitrogen and oxygen atoms in total. The van der Waals surface area contributed by atoms with Crippen molar-refractivity contribution in [2.45, 2.75) is 74.4 Å². The van der Waals surface area contributed by atoms with Crippen LogP contribution >= 0.6 is 0 Å². The monoisotopic (exact) mass is 671 g/mol. The number of carbonyl (C=O) groups excluding carboxylic acids is 1. The van der Waals surface area contributed by atoms with E-state index in [0.717, 1.165) is 25.1 Å². The van der Waals surface area contributed by atoms with Crippen molar-refractivity contribution >= 4 is 12.0 Å². The Labute approximate surface area is 265 Å². The van der Waals surface area contributed by atoms with Gasteiger partial charge in [0.25, 0.3) is 11.9 Å². The van der Waals surface area contributed by atoms with Crippen LogP contribution in [0.4, 0.5) is 0 Å². The number of hydrogen-bond donors (Lipinski definition) is 11. The molecule has 0 radical (unpaired) electrons. The summed E-state index contributed by atoms with van der Waals surface area (Å²) in [6.07, 6.45) is -16.9. The van der Waals surface area contributed by atoms with Crippen LogP contribution in [-0.4, -0.2) is 142 Å². The van der Waals surface area contributed by atoms with E-state index in [1.165, 1.54) is 12.1 Å². The van der Waals surface area contributed by atoms with Gasteiger partial charge in [0.15, 0.2) is 23.0 Å². The van der Waals surface area contributed by atoms with E-state index in [1.54, 1.807) is 0 Å². The molecular formula is C29H35O18+. The van der Waals surface area contributed by atoms with Crippen LogP contribution in [0.2, 0.25) is 0 Å². The highest BCUT2D eigenvalue weighted by Gasteiger charge is 2.48. The highest BCUT2D eigenvalue weighted by molar-refractivity contribution is 5.70. The zero-order valence-electron chi connectivity index (χ0n) is 24.5. The summed E-state index contributed by atoms with van der Waals surface area (Å²) >= 11 is 0. The van der Waals surface area contributed by atoms with E-state index >= 15 is 0 Å². The lowest BCUT2D eigenvalue weighted by Crippen LogP contribution is -2.60. The lowest BCUT2D eigenvalue weighted by molar-refractivity contribution is -0.295. The summed E-state index contributed by atoms with van der Waals surface area (Å²) in [7, 11) is 0. The Balaban J connectivity index is 1.54. The van der Waals surface area contributed by atoms with Gasteiger partial charge in [-0.15, -0.1) is 0 Å². The summed E-state index contributed by atoms with van der Waals surface area (Å²) < 4.78 is 32.1. The van der Waals surface area contributed by atoms with Crippen molar-refractivity contribution < 1.29 is 89.4 Å². The molecule has 0 spiro atoms. The first-order valence-corrected chi connectivity index (χ1v) is 14.2. The van der Waals surface area contributed by atoms with Gasteiger partial charge in [-0.3, -0.25) is 4.79 Å². The summed E-state index contributed by atoms with van der Waals surface area (Å²) in [5.74, 6) is -3.86. The number of phenols is 4. The lowest BCUT2D eigenvalue weighted by atomic mass is 9.98. The number of fused-ring (bicyclic) bond motifs is 1. The van der Waals surface area contributed by atoms with Crippen molar-refractivity contribution in [3.05, 3.63) is 41.2 Å². The maximum absolute atomic E-state index is 11.3. The van der Waals surface area contributed by atoms with Crippen LogP contribution in [0.1, 0.15) is 24.2 Å². The van der Waals surface area contributed by atoms with Gasteiger partial charge in [-0.25, -0.2) is 0 Å². The van der Waals surface area contributed by atoms with Crippen LogP contribution in [0.25, 0.3) is 6.08 Å². The Kier molecular flexibility index (Phi) is 9.87. The molecule has 0 bridgehead atoms. The predicted octanol–water partition coefficient (Wildman–Crippen LogP) is -2.59. The quantitative estimate of drug-likeness (QED) is 0.0779. The van der Waals surface area contributed by atoms with E-state index in [2.05, 4.69) is 4.74 Å². The second-order valence-electron chi connectivity index (χ2n) is 11.1. The van der Waals surface area contributed by atoms with Gasteiger partial charge in [-0.05, 0) is 12.1 Å². The molecule has 0 amide bonds. The fourth-order valence-corrected chi connectivity index (χ4v) is 5.27. The van der Waals surface area contributed by atoms with E-state index in [1.807, 2.05) is 0 Å². The van der Waals surface area contributed by atoms with E-state index in [9.17, 15) is 61.0 Å². The number of aliphatic hydroxyl groups is 8. The minimum absolute atomic E-state index is 0.000512. The van der Waals surface area contributed by atoms with Crippen LogP contribution in [0.5, 0.6) is 34.5 Å². The maximum atomic E-state index is 11.3. The lowest BCUT2D eigenvalue weighted by Gasteiger charge is -2.41. The third-order valence-corrected chi connectivity index (χ3v) is 7.80. The van der Waals surface area contributed by atoms with E-state index in [-0.39, 0.29) is 28.4 Å². The molecule has 11 atom stereocenters. The van der Waals surface area contributed by atoms with Gasteiger partial charge in [0.2, 0.25) is 12.6 Å². The molecule has 3 aliphatic rings. The average Bonchev–Trinajstić information content (AvgIpc) is 3.03. The molecule has 47 heavy (non-hydrogen) atoms. The third kappa shape index (κ3) is 6.82. The molecule has 2 fully saturated rings. The molecule has 0 aliphatic carbocycles. The molecule has 258 valence electrons. The predicted molar refractivity (Wildman–Crippen MR) is 151 cm³/mol. The van der Waals surface area contributed by atoms with Gasteiger partial charge < -0.3 is 84.6 Å².